The zero-order valence-electron chi connectivity index (χ0n) is 15.4. The number of benzene rings is 2. The fraction of sp³-hybridized carbons (Fsp3) is 0.250. The van der Waals surface area contributed by atoms with Crippen molar-refractivity contribution in [3.8, 4) is 5.75 Å². The van der Waals surface area contributed by atoms with Gasteiger partial charge in [0.05, 0.1) is 24.7 Å². The van der Waals surface area contributed by atoms with E-state index in [1.165, 1.54) is 4.90 Å². The predicted octanol–water partition coefficient (Wildman–Crippen LogP) is 2.55. The number of imide groups is 1. The molecule has 3 aromatic rings. The first-order chi connectivity index (χ1) is 12.9. The second kappa shape index (κ2) is 6.12. The molecule has 27 heavy (non-hydrogen) atoms. The summed E-state index contributed by atoms with van der Waals surface area (Å²) < 4.78 is 7.06. The Balaban J connectivity index is 1.65. The van der Waals surface area contributed by atoms with Crippen molar-refractivity contribution in [1.29, 1.82) is 0 Å². The van der Waals surface area contributed by atoms with E-state index in [1.54, 1.807) is 38.3 Å². The molecule has 0 spiro atoms. The number of imidazole rings is 1. The maximum atomic E-state index is 13.1. The van der Waals surface area contributed by atoms with Crippen LogP contribution in [-0.2, 0) is 23.9 Å². The molecule has 0 saturated carbocycles. The Bertz CT molecular complexity index is 1040. The van der Waals surface area contributed by atoms with E-state index in [0.29, 0.717) is 17.1 Å². The average Bonchev–Trinajstić information content (AvgIpc) is 3.11. The summed E-state index contributed by atoms with van der Waals surface area (Å²) in [6.07, 6.45) is 0. The fourth-order valence-corrected chi connectivity index (χ4v) is 3.44. The third kappa shape index (κ3) is 2.63. The lowest BCUT2D eigenvalue weighted by molar-refractivity contribution is -0.131. The number of hydrogen-bond acceptors (Lipinski definition) is 4. The Morgan fingerprint density at radius 3 is 2.48 bits per heavy atom. The molecule has 1 saturated heterocycles. The quantitative estimate of drug-likeness (QED) is 0.722. The Hall–Kier alpha value is -3.35. The molecule has 0 bridgehead atoms. The van der Waals surface area contributed by atoms with E-state index in [1.807, 2.05) is 35.9 Å². The SMILES string of the molecule is COc1ccc([C@@]2(C)NC(=O)N(Cc3nc4ccccc4n3C)C2=O)cc1. The van der Waals surface area contributed by atoms with Gasteiger partial charge in [0.25, 0.3) is 5.91 Å². The number of aromatic nitrogens is 2. The first-order valence-electron chi connectivity index (χ1n) is 8.63. The van der Waals surface area contributed by atoms with Crippen LogP contribution in [-0.4, -0.2) is 33.5 Å². The number of carbonyl (C=O) groups excluding carboxylic acids is 2. The molecule has 2 aromatic carbocycles. The van der Waals surface area contributed by atoms with Crippen LogP contribution in [0.15, 0.2) is 48.5 Å². The average molecular weight is 364 g/mol. The number of amides is 3. The number of methoxy groups -OCH3 is 1. The molecule has 0 aliphatic carbocycles. The van der Waals surface area contributed by atoms with Crippen molar-refractivity contribution in [3.05, 3.63) is 59.9 Å². The summed E-state index contributed by atoms with van der Waals surface area (Å²) in [5.41, 5.74) is 1.38. The van der Waals surface area contributed by atoms with E-state index >= 15 is 0 Å². The number of urea groups is 1. The minimum absolute atomic E-state index is 0.113. The maximum absolute atomic E-state index is 13.1. The van der Waals surface area contributed by atoms with Gasteiger partial charge in [0.1, 0.15) is 17.1 Å². The van der Waals surface area contributed by atoms with Gasteiger partial charge in [-0.15, -0.1) is 0 Å². The predicted molar refractivity (Wildman–Crippen MR) is 100 cm³/mol. The van der Waals surface area contributed by atoms with Crippen molar-refractivity contribution in [2.45, 2.75) is 19.0 Å². The van der Waals surface area contributed by atoms with Gasteiger partial charge in [0, 0.05) is 7.05 Å². The normalized spacial score (nSPS) is 19.6. The molecular formula is C20H20N4O3. The van der Waals surface area contributed by atoms with Crippen LogP contribution in [0.3, 0.4) is 0 Å². The summed E-state index contributed by atoms with van der Waals surface area (Å²) in [7, 11) is 3.46. The molecule has 1 N–H and O–H groups in total. The number of nitrogens with one attached hydrogen (secondary N) is 1. The van der Waals surface area contributed by atoms with E-state index in [9.17, 15) is 9.59 Å². The Kier molecular flexibility index (Phi) is 3.87. The highest BCUT2D eigenvalue weighted by Crippen LogP contribution is 2.31. The molecule has 1 aliphatic heterocycles. The van der Waals surface area contributed by atoms with Crippen LogP contribution in [0.2, 0.25) is 0 Å². The molecule has 1 atom stereocenters. The van der Waals surface area contributed by atoms with Gasteiger partial charge in [0.15, 0.2) is 0 Å². The van der Waals surface area contributed by atoms with Crippen LogP contribution >= 0.6 is 0 Å². The third-order valence-corrected chi connectivity index (χ3v) is 5.12. The largest absolute Gasteiger partial charge is 0.497 e. The van der Waals surface area contributed by atoms with E-state index in [-0.39, 0.29) is 12.5 Å². The van der Waals surface area contributed by atoms with Crippen LogP contribution < -0.4 is 10.1 Å². The number of carbonyl (C=O) groups is 2. The lowest BCUT2D eigenvalue weighted by Gasteiger charge is -2.22. The Labute approximate surface area is 156 Å². The number of nitrogens with zero attached hydrogens (tertiary/aromatic N) is 3. The molecule has 2 heterocycles. The molecule has 7 nitrogen and oxygen atoms in total. The minimum Gasteiger partial charge on any atom is -0.497 e. The number of ether oxygens (including phenoxy) is 1. The van der Waals surface area contributed by atoms with Gasteiger partial charge in [-0.3, -0.25) is 9.69 Å². The summed E-state index contributed by atoms with van der Waals surface area (Å²) in [6, 6.07) is 14.4. The Morgan fingerprint density at radius 1 is 1.11 bits per heavy atom. The lowest BCUT2D eigenvalue weighted by atomic mass is 9.92. The van der Waals surface area contributed by atoms with Crippen molar-refractivity contribution in [1.82, 2.24) is 19.8 Å². The van der Waals surface area contributed by atoms with Crippen LogP contribution in [0.4, 0.5) is 4.79 Å². The van der Waals surface area contributed by atoms with Crippen LogP contribution in [0, 0.1) is 0 Å². The Morgan fingerprint density at radius 2 is 1.81 bits per heavy atom. The van der Waals surface area contributed by atoms with E-state index in [4.69, 9.17) is 4.74 Å². The standard InChI is InChI=1S/C20H20N4O3/c1-20(13-8-10-14(27-3)11-9-13)18(25)24(19(26)22-20)12-17-21-15-6-4-5-7-16(15)23(17)2/h4-11H,12H2,1-3H3,(H,22,26)/t20-/m1/s1. The zero-order valence-corrected chi connectivity index (χ0v) is 15.4. The van der Waals surface area contributed by atoms with Gasteiger partial charge < -0.3 is 14.6 Å². The van der Waals surface area contributed by atoms with Crippen molar-refractivity contribution >= 4 is 23.0 Å². The third-order valence-electron chi connectivity index (χ3n) is 5.12. The summed E-state index contributed by atoms with van der Waals surface area (Å²) in [5, 5.41) is 2.82. The van der Waals surface area contributed by atoms with Crippen LogP contribution in [0.25, 0.3) is 11.0 Å². The molecule has 7 heteroatoms. The van der Waals surface area contributed by atoms with Gasteiger partial charge in [-0.2, -0.15) is 0 Å². The maximum Gasteiger partial charge on any atom is 0.325 e. The monoisotopic (exact) mass is 364 g/mol. The highest BCUT2D eigenvalue weighted by molar-refractivity contribution is 6.07. The molecule has 1 aromatic heterocycles. The molecule has 1 fully saturated rings. The lowest BCUT2D eigenvalue weighted by Crippen LogP contribution is -2.40. The highest BCUT2D eigenvalue weighted by Gasteiger charge is 2.49. The number of aryl methyl sites for hydroxylation is 1. The number of para-hydroxylation sites is 2. The van der Waals surface area contributed by atoms with Crippen molar-refractivity contribution < 1.29 is 14.3 Å². The molecule has 138 valence electrons. The summed E-state index contributed by atoms with van der Waals surface area (Å²) in [4.78, 5) is 31.4. The van der Waals surface area contributed by atoms with Gasteiger partial charge in [-0.25, -0.2) is 9.78 Å². The summed E-state index contributed by atoms with van der Waals surface area (Å²) in [6.45, 7) is 1.82. The van der Waals surface area contributed by atoms with Crippen molar-refractivity contribution in [2.75, 3.05) is 7.11 Å². The zero-order chi connectivity index (χ0) is 19.2. The molecule has 3 amide bonds. The highest BCUT2D eigenvalue weighted by atomic mass is 16.5. The van der Waals surface area contributed by atoms with E-state index in [0.717, 1.165) is 11.0 Å². The second-order valence-electron chi connectivity index (χ2n) is 6.75. The van der Waals surface area contributed by atoms with Gasteiger partial charge in [-0.05, 0) is 36.8 Å². The van der Waals surface area contributed by atoms with Gasteiger partial charge in [0.2, 0.25) is 0 Å². The van der Waals surface area contributed by atoms with Gasteiger partial charge in [-0.1, -0.05) is 24.3 Å². The number of rotatable bonds is 4. The van der Waals surface area contributed by atoms with Crippen LogP contribution in [0.5, 0.6) is 5.75 Å². The van der Waals surface area contributed by atoms with Crippen molar-refractivity contribution in [3.63, 3.8) is 0 Å². The van der Waals surface area contributed by atoms with E-state index in [2.05, 4.69) is 10.3 Å². The molecule has 4 rings (SSSR count). The number of fused-ring (bicyclic) bond motifs is 1. The first-order valence-corrected chi connectivity index (χ1v) is 8.63. The van der Waals surface area contributed by atoms with Gasteiger partial charge >= 0.3 is 6.03 Å². The molecule has 0 unspecified atom stereocenters. The molecule has 1 aliphatic rings. The van der Waals surface area contributed by atoms with Crippen LogP contribution in [0.1, 0.15) is 18.3 Å². The van der Waals surface area contributed by atoms with E-state index < -0.39 is 11.6 Å². The smallest absolute Gasteiger partial charge is 0.325 e. The molecular weight excluding hydrogens is 344 g/mol. The molecule has 0 radical (unpaired) electrons. The fourth-order valence-electron chi connectivity index (χ4n) is 3.44. The topological polar surface area (TPSA) is 76.5 Å². The summed E-state index contributed by atoms with van der Waals surface area (Å²) in [5.74, 6) is 1.04. The summed E-state index contributed by atoms with van der Waals surface area (Å²) >= 11 is 0. The first kappa shape index (κ1) is 17.1. The second-order valence-corrected chi connectivity index (χ2v) is 6.75. The van der Waals surface area contributed by atoms with Crippen molar-refractivity contribution in [2.24, 2.45) is 7.05 Å². The minimum atomic E-state index is -1.12. The number of hydrogen-bond donors (Lipinski definition) is 1.